The monoisotopic (exact) mass is 543 g/mol. The molecule has 0 N–H and O–H groups in total. The highest BCUT2D eigenvalue weighted by Crippen LogP contribution is 2.42. The first-order chi connectivity index (χ1) is 15.6. The Bertz CT molecular complexity index is 1080. The van der Waals surface area contributed by atoms with E-state index in [1.54, 1.807) is 6.08 Å². The standard InChI is InChI=1S/C23H21Cl4N3O2S/c1-15-5-7-16(8-6-15)13-19-20(31)30(22(32)33-19)21(23(25,26)27)29-11-9-28(10-12-29)18-4-2-3-17(24)14-18/h2-8,13-14,21H,9-12H2,1H3/b19-13+/t21-/m0/s1. The second-order valence-electron chi connectivity index (χ2n) is 7.88. The number of nitrogens with zero attached hydrogens (tertiary/aromatic N) is 3. The summed E-state index contributed by atoms with van der Waals surface area (Å²) < 4.78 is -1.87. The molecule has 33 heavy (non-hydrogen) atoms. The van der Waals surface area contributed by atoms with Gasteiger partial charge in [-0.25, -0.2) is 4.90 Å². The molecule has 174 valence electrons. The predicted octanol–water partition coefficient (Wildman–Crippen LogP) is 6.20. The number of anilines is 1. The number of carbonyl (C=O) groups excluding carboxylic acids is 2. The smallest absolute Gasteiger partial charge is 0.295 e. The number of piperazine rings is 1. The number of benzene rings is 2. The number of imide groups is 1. The molecule has 2 aromatic rings. The molecule has 2 amide bonds. The number of carbonyl (C=O) groups is 2. The van der Waals surface area contributed by atoms with Gasteiger partial charge in [0.2, 0.25) is 3.79 Å². The van der Waals surface area contributed by atoms with Gasteiger partial charge < -0.3 is 4.90 Å². The van der Waals surface area contributed by atoms with Crippen molar-refractivity contribution in [2.45, 2.75) is 16.9 Å². The van der Waals surface area contributed by atoms with Crippen molar-refractivity contribution < 1.29 is 9.59 Å². The maximum atomic E-state index is 13.2. The summed E-state index contributed by atoms with van der Waals surface area (Å²) >= 11 is 26.0. The van der Waals surface area contributed by atoms with Crippen LogP contribution in [0.15, 0.2) is 53.4 Å². The van der Waals surface area contributed by atoms with Crippen LogP contribution in [-0.4, -0.2) is 57.1 Å². The molecule has 2 aromatic carbocycles. The van der Waals surface area contributed by atoms with E-state index in [1.165, 1.54) is 0 Å². The average molecular weight is 545 g/mol. The first-order valence-electron chi connectivity index (χ1n) is 10.3. The summed E-state index contributed by atoms with van der Waals surface area (Å²) in [4.78, 5) is 31.5. The summed E-state index contributed by atoms with van der Waals surface area (Å²) in [5.41, 5.74) is 2.93. The van der Waals surface area contributed by atoms with E-state index in [0.29, 0.717) is 36.1 Å². The topological polar surface area (TPSA) is 43.9 Å². The van der Waals surface area contributed by atoms with E-state index in [0.717, 1.165) is 33.5 Å². The Morgan fingerprint density at radius 3 is 2.27 bits per heavy atom. The highest BCUT2D eigenvalue weighted by molar-refractivity contribution is 8.18. The molecule has 1 atom stereocenters. The molecule has 0 spiro atoms. The molecule has 2 heterocycles. The van der Waals surface area contributed by atoms with Gasteiger partial charge in [0.1, 0.15) is 6.17 Å². The maximum absolute atomic E-state index is 13.2. The minimum absolute atomic E-state index is 0.306. The fraction of sp³-hybridized carbons (Fsp3) is 0.304. The quantitative estimate of drug-likeness (QED) is 0.338. The molecule has 2 aliphatic rings. The molecule has 4 rings (SSSR count). The van der Waals surface area contributed by atoms with Gasteiger partial charge in [-0.3, -0.25) is 14.5 Å². The summed E-state index contributed by atoms with van der Waals surface area (Å²) in [5.74, 6) is -0.459. The number of halogens is 4. The molecule has 0 aromatic heterocycles. The average Bonchev–Trinajstić information content (AvgIpc) is 3.03. The van der Waals surface area contributed by atoms with Crippen molar-refractivity contribution in [3.05, 3.63) is 69.6 Å². The minimum Gasteiger partial charge on any atom is -0.369 e. The third-order valence-electron chi connectivity index (χ3n) is 5.57. The van der Waals surface area contributed by atoms with Crippen LogP contribution in [0.5, 0.6) is 0 Å². The normalized spacial score (nSPS) is 20.1. The van der Waals surface area contributed by atoms with Gasteiger partial charge in [0.05, 0.1) is 4.91 Å². The van der Waals surface area contributed by atoms with Crippen LogP contribution in [0.2, 0.25) is 5.02 Å². The Kier molecular flexibility index (Phi) is 7.53. The van der Waals surface area contributed by atoms with Gasteiger partial charge in [0.25, 0.3) is 11.1 Å². The van der Waals surface area contributed by atoms with E-state index in [4.69, 9.17) is 46.4 Å². The molecule has 0 aliphatic carbocycles. The molecule has 0 bridgehead atoms. The molecule has 2 aliphatic heterocycles. The SMILES string of the molecule is Cc1ccc(/C=C2/SC(=O)N([C@H](N3CCN(c4cccc(Cl)c4)CC3)C(Cl)(Cl)Cl)C2=O)cc1. The summed E-state index contributed by atoms with van der Waals surface area (Å²) in [7, 11) is 0. The number of thioether (sulfide) groups is 1. The predicted molar refractivity (Wildman–Crippen MR) is 138 cm³/mol. The minimum atomic E-state index is -1.87. The van der Waals surface area contributed by atoms with E-state index in [9.17, 15) is 9.59 Å². The van der Waals surface area contributed by atoms with Crippen molar-refractivity contribution in [1.29, 1.82) is 0 Å². The largest absolute Gasteiger partial charge is 0.369 e. The van der Waals surface area contributed by atoms with Crippen LogP contribution in [0.4, 0.5) is 10.5 Å². The van der Waals surface area contributed by atoms with E-state index in [1.807, 2.05) is 60.4 Å². The zero-order valence-corrected chi connectivity index (χ0v) is 21.5. The molecule has 0 radical (unpaired) electrons. The highest BCUT2D eigenvalue weighted by Gasteiger charge is 2.51. The van der Waals surface area contributed by atoms with Crippen LogP contribution in [0.25, 0.3) is 6.08 Å². The zero-order valence-electron chi connectivity index (χ0n) is 17.7. The van der Waals surface area contributed by atoms with Crippen molar-refractivity contribution in [3.8, 4) is 0 Å². The second-order valence-corrected chi connectivity index (χ2v) is 11.7. The van der Waals surface area contributed by atoms with Gasteiger partial charge in [0.15, 0.2) is 0 Å². The molecular formula is C23H21Cl4N3O2S. The lowest BCUT2D eigenvalue weighted by Crippen LogP contribution is -2.61. The van der Waals surface area contributed by atoms with Crippen LogP contribution >= 0.6 is 58.2 Å². The fourth-order valence-corrected chi connectivity index (χ4v) is 5.66. The van der Waals surface area contributed by atoms with Gasteiger partial charge in [0, 0.05) is 36.9 Å². The number of hydrogen-bond donors (Lipinski definition) is 0. The Morgan fingerprint density at radius 1 is 1.00 bits per heavy atom. The van der Waals surface area contributed by atoms with Crippen molar-refractivity contribution in [3.63, 3.8) is 0 Å². The number of hydrogen-bond acceptors (Lipinski definition) is 5. The van der Waals surface area contributed by atoms with E-state index >= 15 is 0 Å². The van der Waals surface area contributed by atoms with Crippen molar-refractivity contribution in [1.82, 2.24) is 9.80 Å². The Morgan fingerprint density at radius 2 is 1.67 bits per heavy atom. The van der Waals surface area contributed by atoms with Gasteiger partial charge in [-0.05, 0) is 48.5 Å². The Labute approximate surface area is 217 Å². The van der Waals surface area contributed by atoms with E-state index in [-0.39, 0.29) is 0 Å². The van der Waals surface area contributed by atoms with Crippen LogP contribution in [0, 0.1) is 6.92 Å². The molecular weight excluding hydrogens is 524 g/mol. The van der Waals surface area contributed by atoms with Crippen LogP contribution in [0.1, 0.15) is 11.1 Å². The highest BCUT2D eigenvalue weighted by atomic mass is 35.6. The Hall–Kier alpha value is -1.41. The van der Waals surface area contributed by atoms with Crippen LogP contribution < -0.4 is 4.90 Å². The van der Waals surface area contributed by atoms with Crippen molar-refractivity contribution >= 4 is 81.1 Å². The lowest BCUT2D eigenvalue weighted by Gasteiger charge is -2.44. The molecule has 10 heteroatoms. The summed E-state index contributed by atoms with van der Waals surface area (Å²) in [6.45, 7) is 4.25. The van der Waals surface area contributed by atoms with Crippen molar-refractivity contribution in [2.24, 2.45) is 0 Å². The lowest BCUT2D eigenvalue weighted by atomic mass is 10.1. The van der Waals surface area contributed by atoms with E-state index < -0.39 is 21.1 Å². The second kappa shape index (κ2) is 10.1. The number of rotatable bonds is 4. The maximum Gasteiger partial charge on any atom is 0.295 e. The van der Waals surface area contributed by atoms with Gasteiger partial charge >= 0.3 is 0 Å². The van der Waals surface area contributed by atoms with Gasteiger partial charge in [-0.1, -0.05) is 82.3 Å². The summed E-state index contributed by atoms with van der Waals surface area (Å²) in [5, 5.41) is 0.208. The van der Waals surface area contributed by atoms with E-state index in [2.05, 4.69) is 4.90 Å². The molecule has 5 nitrogen and oxygen atoms in total. The lowest BCUT2D eigenvalue weighted by molar-refractivity contribution is -0.127. The fourth-order valence-electron chi connectivity index (χ4n) is 3.92. The summed E-state index contributed by atoms with van der Waals surface area (Å²) in [6.07, 6.45) is 0.678. The molecule has 2 saturated heterocycles. The number of amides is 2. The zero-order chi connectivity index (χ0) is 23.8. The third-order valence-corrected chi connectivity index (χ3v) is 7.27. The molecule has 0 saturated carbocycles. The van der Waals surface area contributed by atoms with Gasteiger partial charge in [-0.15, -0.1) is 0 Å². The molecule has 2 fully saturated rings. The first-order valence-corrected chi connectivity index (χ1v) is 12.6. The first kappa shape index (κ1) is 24.7. The molecule has 0 unspecified atom stereocenters. The van der Waals surface area contributed by atoms with Crippen LogP contribution in [0.3, 0.4) is 0 Å². The van der Waals surface area contributed by atoms with Gasteiger partial charge in [-0.2, -0.15) is 0 Å². The number of alkyl halides is 3. The van der Waals surface area contributed by atoms with Crippen LogP contribution in [-0.2, 0) is 4.79 Å². The van der Waals surface area contributed by atoms with Crippen molar-refractivity contribution in [2.75, 3.05) is 31.1 Å². The Balaban J connectivity index is 1.54. The third kappa shape index (κ3) is 5.64. The summed E-state index contributed by atoms with van der Waals surface area (Å²) in [6, 6.07) is 15.3. The number of aryl methyl sites for hydroxylation is 1.